The smallest absolute Gasteiger partial charge is 0.158 e. The minimum absolute atomic E-state index is 0.562. The van der Waals surface area contributed by atoms with E-state index in [1.165, 1.54) is 71.4 Å². The van der Waals surface area contributed by atoms with Gasteiger partial charge in [0.05, 0.1) is 16.3 Å². The summed E-state index contributed by atoms with van der Waals surface area (Å²) in [5.41, 5.74) is 12.3. The van der Waals surface area contributed by atoms with Crippen LogP contribution in [0.3, 0.4) is 0 Å². The molecule has 0 amide bonds. The van der Waals surface area contributed by atoms with Crippen LogP contribution in [0.1, 0.15) is 66.7 Å². The number of rotatable bonds is 3. The summed E-state index contributed by atoms with van der Waals surface area (Å²) in [5, 5.41) is 12.8. The number of aryl methyl sites for hydroxylation is 1. The lowest BCUT2D eigenvalue weighted by Crippen LogP contribution is -2.12. The van der Waals surface area contributed by atoms with Crippen molar-refractivity contribution in [1.29, 1.82) is 0 Å². The number of benzene rings is 1. The summed E-state index contributed by atoms with van der Waals surface area (Å²) in [6.07, 6.45) is 7.88. The predicted molar refractivity (Wildman–Crippen MR) is 117 cm³/mol. The molecule has 6 heteroatoms. The molecular formula is C21H29N3OS2. The highest BCUT2D eigenvalue weighted by Crippen LogP contribution is 2.43. The lowest BCUT2D eigenvalue weighted by molar-refractivity contribution is 0.0823. The van der Waals surface area contributed by atoms with Crippen LogP contribution in [-0.2, 0) is 24.9 Å². The first-order chi connectivity index (χ1) is 12.7. The molecule has 0 bridgehead atoms. The molecule has 2 aliphatic carbocycles. The third kappa shape index (κ3) is 4.45. The Morgan fingerprint density at radius 2 is 2.11 bits per heavy atom. The number of aliphatic hydroxyl groups is 1. The standard InChI is InChI=1S/C15H20N2.C6H9NOS2/c1-9-6-7-13-14(9)8-11-4-3-5-12(11)15(13)17-10(2)16;1-6(2,8)4-3-7-5(9)10-4/h8-9,17H,2-7,16H2,1H3;3,8H,1-2H3,(H,7,9). The number of aromatic amines is 1. The highest BCUT2D eigenvalue weighted by atomic mass is 32.1. The van der Waals surface area contributed by atoms with Gasteiger partial charge in [-0.3, -0.25) is 0 Å². The number of nitrogens with two attached hydrogens (primary N) is 1. The molecule has 27 heavy (non-hydrogen) atoms. The number of hydrogen-bond acceptors (Lipinski definition) is 5. The summed E-state index contributed by atoms with van der Waals surface area (Å²) in [5.74, 6) is 1.26. The molecule has 1 heterocycles. The zero-order chi connectivity index (χ0) is 19.8. The largest absolute Gasteiger partial charge is 0.386 e. The fourth-order valence-electron chi connectivity index (χ4n) is 3.93. The number of nitrogens with one attached hydrogen (secondary N) is 2. The third-order valence-electron chi connectivity index (χ3n) is 5.31. The number of hydrogen-bond donors (Lipinski definition) is 4. The van der Waals surface area contributed by atoms with E-state index >= 15 is 0 Å². The van der Waals surface area contributed by atoms with Crippen LogP contribution in [0.15, 0.2) is 24.7 Å². The number of H-pyrrole nitrogens is 1. The van der Waals surface area contributed by atoms with E-state index in [-0.39, 0.29) is 0 Å². The van der Waals surface area contributed by atoms with Crippen molar-refractivity contribution >= 4 is 29.2 Å². The molecule has 1 unspecified atom stereocenters. The van der Waals surface area contributed by atoms with Crippen LogP contribution < -0.4 is 11.1 Å². The van der Waals surface area contributed by atoms with E-state index in [9.17, 15) is 5.11 Å². The van der Waals surface area contributed by atoms with Crippen molar-refractivity contribution in [2.75, 3.05) is 5.32 Å². The zero-order valence-corrected chi connectivity index (χ0v) is 17.9. The molecule has 5 N–H and O–H groups in total. The van der Waals surface area contributed by atoms with Crippen molar-refractivity contribution in [3.63, 3.8) is 0 Å². The molecule has 1 atom stereocenters. The Balaban J connectivity index is 0.000000180. The van der Waals surface area contributed by atoms with Crippen LogP contribution in [0.25, 0.3) is 0 Å². The van der Waals surface area contributed by atoms with Gasteiger partial charge in [-0.25, -0.2) is 0 Å². The van der Waals surface area contributed by atoms with E-state index in [1.54, 1.807) is 20.0 Å². The summed E-state index contributed by atoms with van der Waals surface area (Å²) in [6, 6.07) is 2.44. The van der Waals surface area contributed by atoms with Gasteiger partial charge in [0.1, 0.15) is 0 Å². The molecule has 0 radical (unpaired) electrons. The maximum atomic E-state index is 9.45. The lowest BCUT2D eigenvalue weighted by Gasteiger charge is -2.17. The molecule has 0 fully saturated rings. The molecule has 146 valence electrons. The molecule has 0 spiro atoms. The normalized spacial score (nSPS) is 17.7. The van der Waals surface area contributed by atoms with Gasteiger partial charge in [0, 0.05) is 11.9 Å². The van der Waals surface area contributed by atoms with Crippen LogP contribution in [0, 0.1) is 3.95 Å². The van der Waals surface area contributed by atoms with Gasteiger partial charge in [-0.15, -0.1) is 11.3 Å². The summed E-state index contributed by atoms with van der Waals surface area (Å²) >= 11 is 6.26. The quantitative estimate of drug-likeness (QED) is 0.538. The number of thiazole rings is 1. The molecule has 1 aromatic carbocycles. The van der Waals surface area contributed by atoms with Gasteiger partial charge in [-0.05, 0) is 86.3 Å². The van der Waals surface area contributed by atoms with Gasteiger partial charge in [0.25, 0.3) is 0 Å². The van der Waals surface area contributed by atoms with E-state index < -0.39 is 5.60 Å². The Morgan fingerprint density at radius 3 is 2.67 bits per heavy atom. The van der Waals surface area contributed by atoms with Crippen molar-refractivity contribution in [3.05, 3.63) is 55.7 Å². The van der Waals surface area contributed by atoms with Crippen LogP contribution >= 0.6 is 23.6 Å². The average molecular weight is 404 g/mol. The Kier molecular flexibility index (Phi) is 5.79. The molecule has 0 saturated heterocycles. The SMILES string of the molecule is C=C(N)Nc1c2c(cc3c1CCC3C)CCC2.CC(C)(O)c1c[nH]c(=S)s1. The lowest BCUT2D eigenvalue weighted by atomic mass is 9.96. The van der Waals surface area contributed by atoms with Crippen molar-refractivity contribution in [3.8, 4) is 0 Å². The minimum atomic E-state index is -0.766. The van der Waals surface area contributed by atoms with Crippen LogP contribution in [0.2, 0.25) is 0 Å². The second kappa shape index (κ2) is 7.78. The highest BCUT2D eigenvalue weighted by Gasteiger charge is 2.27. The molecular weight excluding hydrogens is 374 g/mol. The summed E-state index contributed by atoms with van der Waals surface area (Å²) in [7, 11) is 0. The number of anilines is 1. The monoisotopic (exact) mass is 403 g/mol. The first kappa shape index (κ1) is 20.1. The molecule has 0 aliphatic heterocycles. The van der Waals surface area contributed by atoms with Gasteiger partial charge in [0.2, 0.25) is 0 Å². The maximum Gasteiger partial charge on any atom is 0.158 e. The number of fused-ring (bicyclic) bond motifs is 2. The van der Waals surface area contributed by atoms with E-state index in [1.807, 2.05) is 0 Å². The molecule has 1 aromatic heterocycles. The van der Waals surface area contributed by atoms with Crippen molar-refractivity contribution in [2.24, 2.45) is 5.73 Å². The molecule has 2 aliphatic rings. The minimum Gasteiger partial charge on any atom is -0.386 e. The molecule has 4 rings (SSSR count). The second-order valence-electron chi connectivity index (χ2n) is 8.00. The highest BCUT2D eigenvalue weighted by molar-refractivity contribution is 7.73. The van der Waals surface area contributed by atoms with Gasteiger partial charge in [0.15, 0.2) is 3.95 Å². The maximum absolute atomic E-state index is 9.45. The molecule has 2 aromatic rings. The summed E-state index contributed by atoms with van der Waals surface area (Å²) in [6.45, 7) is 9.59. The Hall–Kier alpha value is -1.63. The van der Waals surface area contributed by atoms with Gasteiger partial charge in [-0.1, -0.05) is 19.6 Å². The van der Waals surface area contributed by atoms with Crippen LogP contribution in [0.5, 0.6) is 0 Å². The average Bonchev–Trinajstić information content (AvgIpc) is 3.28. The van der Waals surface area contributed by atoms with Crippen molar-refractivity contribution in [2.45, 2.75) is 64.4 Å². The first-order valence-electron chi connectivity index (χ1n) is 9.47. The first-order valence-corrected chi connectivity index (χ1v) is 10.7. The topological polar surface area (TPSA) is 74.1 Å². The van der Waals surface area contributed by atoms with E-state index in [0.717, 1.165) is 4.88 Å². The fourth-order valence-corrected chi connectivity index (χ4v) is 4.95. The summed E-state index contributed by atoms with van der Waals surface area (Å²) < 4.78 is 0.706. The van der Waals surface area contributed by atoms with Crippen LogP contribution in [-0.4, -0.2) is 10.1 Å². The van der Waals surface area contributed by atoms with E-state index in [4.69, 9.17) is 18.0 Å². The Morgan fingerprint density at radius 1 is 1.37 bits per heavy atom. The molecule has 0 saturated carbocycles. The fraction of sp³-hybridized carbons (Fsp3) is 0.476. The Labute approximate surface area is 170 Å². The van der Waals surface area contributed by atoms with Gasteiger partial charge >= 0.3 is 0 Å². The van der Waals surface area contributed by atoms with E-state index in [0.29, 0.717) is 15.7 Å². The van der Waals surface area contributed by atoms with Crippen LogP contribution in [0.4, 0.5) is 5.69 Å². The van der Waals surface area contributed by atoms with E-state index in [2.05, 4.69) is 29.9 Å². The van der Waals surface area contributed by atoms with Gasteiger partial charge < -0.3 is 21.1 Å². The summed E-state index contributed by atoms with van der Waals surface area (Å²) in [4.78, 5) is 3.72. The van der Waals surface area contributed by atoms with Crippen molar-refractivity contribution < 1.29 is 5.11 Å². The zero-order valence-electron chi connectivity index (χ0n) is 16.3. The predicted octanol–water partition coefficient (Wildman–Crippen LogP) is 5.10. The van der Waals surface area contributed by atoms with Crippen molar-refractivity contribution in [1.82, 2.24) is 4.98 Å². The van der Waals surface area contributed by atoms with Gasteiger partial charge in [-0.2, -0.15) is 0 Å². The number of aromatic nitrogens is 1. The molecule has 4 nitrogen and oxygen atoms in total. The second-order valence-corrected chi connectivity index (χ2v) is 9.72. The Bertz CT molecular complexity index is 905. The third-order valence-corrected chi connectivity index (χ3v) is 6.82.